The maximum absolute atomic E-state index is 12.7. The fraction of sp³-hybridized carbons (Fsp3) is 0.533. The van der Waals surface area contributed by atoms with Gasteiger partial charge in [0.2, 0.25) is 0 Å². The summed E-state index contributed by atoms with van der Waals surface area (Å²) in [6, 6.07) is 3.05. The topological polar surface area (TPSA) is 79.6 Å². The molecule has 1 aliphatic carbocycles. The highest BCUT2D eigenvalue weighted by molar-refractivity contribution is 6.06. The summed E-state index contributed by atoms with van der Waals surface area (Å²) in [5.41, 5.74) is 1.35. The van der Waals surface area contributed by atoms with Gasteiger partial charge in [-0.3, -0.25) is 19.8 Å². The molecule has 1 N–H and O–H groups in total. The van der Waals surface area contributed by atoms with Gasteiger partial charge in [-0.25, -0.2) is 0 Å². The number of imide groups is 1. The van der Waals surface area contributed by atoms with Gasteiger partial charge < -0.3 is 4.42 Å². The average Bonchev–Trinajstić information content (AvgIpc) is 3.00. The molecule has 6 nitrogen and oxygen atoms in total. The first-order valence-corrected chi connectivity index (χ1v) is 7.02. The van der Waals surface area contributed by atoms with E-state index >= 15 is 0 Å². The zero-order chi connectivity index (χ0) is 15.4. The molecule has 3 amide bonds. The molecule has 21 heavy (non-hydrogen) atoms. The molecule has 6 heteroatoms. The Morgan fingerprint density at radius 1 is 1.38 bits per heavy atom. The summed E-state index contributed by atoms with van der Waals surface area (Å²) < 4.78 is 4.98. The molecule has 3 rings (SSSR count). The van der Waals surface area contributed by atoms with Crippen LogP contribution in [-0.4, -0.2) is 22.7 Å². The number of fused-ring (bicyclic) bond motifs is 2. The van der Waals surface area contributed by atoms with E-state index in [0.717, 1.165) is 5.01 Å². The molecular weight excluding hydrogens is 272 g/mol. The van der Waals surface area contributed by atoms with Crippen LogP contribution in [0.1, 0.15) is 44.2 Å². The van der Waals surface area contributed by atoms with Crippen molar-refractivity contribution in [1.29, 1.82) is 0 Å². The highest BCUT2D eigenvalue weighted by atomic mass is 16.3. The predicted molar refractivity (Wildman–Crippen MR) is 72.6 cm³/mol. The number of carbonyl (C=O) groups is 3. The second-order valence-electron chi connectivity index (χ2n) is 6.54. The van der Waals surface area contributed by atoms with Gasteiger partial charge >= 0.3 is 5.91 Å². The van der Waals surface area contributed by atoms with Gasteiger partial charge in [-0.1, -0.05) is 20.8 Å². The molecule has 1 saturated heterocycles. The van der Waals surface area contributed by atoms with Gasteiger partial charge in [0.25, 0.3) is 11.8 Å². The molecule has 1 aromatic rings. The molecule has 2 bridgehead atoms. The van der Waals surface area contributed by atoms with E-state index in [1.54, 1.807) is 6.07 Å². The predicted octanol–water partition coefficient (Wildman–Crippen LogP) is 1.74. The summed E-state index contributed by atoms with van der Waals surface area (Å²) in [4.78, 5) is 37.2. The smallest absolute Gasteiger partial charge is 0.305 e. The lowest BCUT2D eigenvalue weighted by molar-refractivity contribution is -0.171. The highest BCUT2D eigenvalue weighted by Crippen LogP contribution is 2.59. The number of rotatable bonds is 2. The van der Waals surface area contributed by atoms with Gasteiger partial charge in [-0.15, -0.1) is 0 Å². The Bertz CT molecular complexity index is 620. The summed E-state index contributed by atoms with van der Waals surface area (Å²) in [7, 11) is 0. The lowest BCUT2D eigenvalue weighted by atomic mass is 9.63. The van der Waals surface area contributed by atoms with E-state index in [0.29, 0.717) is 12.8 Å². The number of hydrogen-bond acceptors (Lipinski definition) is 4. The minimum atomic E-state index is -0.637. The van der Waals surface area contributed by atoms with E-state index in [2.05, 4.69) is 5.43 Å². The zero-order valence-corrected chi connectivity index (χ0v) is 12.3. The largest absolute Gasteiger partial charge is 0.459 e. The second kappa shape index (κ2) is 4.19. The first-order chi connectivity index (χ1) is 9.79. The molecule has 1 aromatic heterocycles. The van der Waals surface area contributed by atoms with E-state index in [1.165, 1.54) is 12.3 Å². The second-order valence-corrected chi connectivity index (χ2v) is 6.54. The summed E-state index contributed by atoms with van der Waals surface area (Å²) in [6.45, 7) is 5.77. The minimum absolute atomic E-state index is 0.0675. The van der Waals surface area contributed by atoms with Crippen LogP contribution in [0, 0.1) is 16.7 Å². The maximum Gasteiger partial charge on any atom is 0.305 e. The van der Waals surface area contributed by atoms with Crippen LogP contribution in [0.2, 0.25) is 0 Å². The fourth-order valence-electron chi connectivity index (χ4n) is 3.49. The Morgan fingerprint density at radius 2 is 2.10 bits per heavy atom. The van der Waals surface area contributed by atoms with Gasteiger partial charge in [-0.05, 0) is 30.4 Å². The SMILES string of the molecule is CC12CCC(C(=O)N(NC(=O)c3ccco3)C1=O)C2(C)C. The number of nitrogens with one attached hydrogen (secondary N) is 1. The third kappa shape index (κ3) is 1.68. The van der Waals surface area contributed by atoms with Crippen molar-refractivity contribution in [2.24, 2.45) is 16.7 Å². The normalized spacial score (nSPS) is 30.6. The summed E-state index contributed by atoms with van der Waals surface area (Å²) in [5, 5.41) is 0.883. The molecule has 1 saturated carbocycles. The third-order valence-corrected chi connectivity index (χ3v) is 5.38. The molecule has 2 atom stereocenters. The van der Waals surface area contributed by atoms with Gasteiger partial charge in [-0.2, -0.15) is 5.01 Å². The zero-order valence-electron chi connectivity index (χ0n) is 12.3. The number of piperidine rings is 1. The number of nitrogens with zero attached hydrogens (tertiary/aromatic N) is 1. The Balaban J connectivity index is 1.90. The summed E-state index contributed by atoms with van der Waals surface area (Å²) in [6.07, 6.45) is 2.69. The number of amides is 3. The Kier molecular flexibility index (Phi) is 2.77. The van der Waals surface area contributed by atoms with Gasteiger partial charge in [0.1, 0.15) is 0 Å². The van der Waals surface area contributed by atoms with Crippen molar-refractivity contribution in [3.8, 4) is 0 Å². The van der Waals surface area contributed by atoms with Crippen molar-refractivity contribution in [3.63, 3.8) is 0 Å². The molecule has 0 radical (unpaired) electrons. The molecule has 2 fully saturated rings. The lowest BCUT2D eigenvalue weighted by Gasteiger charge is -2.47. The van der Waals surface area contributed by atoms with Crippen LogP contribution >= 0.6 is 0 Å². The van der Waals surface area contributed by atoms with Gasteiger partial charge in [0, 0.05) is 5.92 Å². The molecule has 2 heterocycles. The van der Waals surface area contributed by atoms with Crippen LogP contribution in [-0.2, 0) is 9.59 Å². The lowest BCUT2D eigenvalue weighted by Crippen LogP contribution is -2.63. The van der Waals surface area contributed by atoms with E-state index in [1.807, 2.05) is 20.8 Å². The van der Waals surface area contributed by atoms with Crippen molar-refractivity contribution in [3.05, 3.63) is 24.2 Å². The molecular formula is C15H18N2O4. The molecule has 112 valence electrons. The maximum atomic E-state index is 12.7. The monoisotopic (exact) mass is 290 g/mol. The van der Waals surface area contributed by atoms with Gasteiger partial charge in [0.05, 0.1) is 11.7 Å². The Hall–Kier alpha value is -2.11. The van der Waals surface area contributed by atoms with Crippen molar-refractivity contribution < 1.29 is 18.8 Å². The highest BCUT2D eigenvalue weighted by Gasteiger charge is 2.64. The average molecular weight is 290 g/mol. The minimum Gasteiger partial charge on any atom is -0.459 e. The number of carbonyl (C=O) groups excluding carboxylic acids is 3. The van der Waals surface area contributed by atoms with Crippen molar-refractivity contribution in [2.45, 2.75) is 33.6 Å². The van der Waals surface area contributed by atoms with Crippen molar-refractivity contribution >= 4 is 17.7 Å². The first-order valence-electron chi connectivity index (χ1n) is 7.02. The van der Waals surface area contributed by atoms with E-state index < -0.39 is 16.7 Å². The standard InChI is InChI=1S/C15H18N2O4/c1-14(2)9-6-7-15(14,3)13(20)17(12(9)19)16-11(18)10-5-4-8-21-10/h4-5,8-9H,6-7H2,1-3H3,(H,16,18). The van der Waals surface area contributed by atoms with Crippen LogP contribution in [0.5, 0.6) is 0 Å². The molecule has 0 aromatic carbocycles. The number of hydrogen-bond donors (Lipinski definition) is 1. The van der Waals surface area contributed by atoms with Gasteiger partial charge in [0.15, 0.2) is 5.76 Å². The van der Waals surface area contributed by atoms with Crippen LogP contribution in [0.4, 0.5) is 0 Å². The molecule has 1 aliphatic heterocycles. The quantitative estimate of drug-likeness (QED) is 0.841. The van der Waals surface area contributed by atoms with Crippen LogP contribution in [0.3, 0.4) is 0 Å². The first kappa shape index (κ1) is 13.9. The molecule has 0 spiro atoms. The Morgan fingerprint density at radius 3 is 2.71 bits per heavy atom. The number of furan rings is 1. The number of hydrazine groups is 1. The van der Waals surface area contributed by atoms with E-state index in [-0.39, 0.29) is 23.5 Å². The van der Waals surface area contributed by atoms with Crippen LogP contribution in [0.25, 0.3) is 0 Å². The van der Waals surface area contributed by atoms with Crippen LogP contribution in [0.15, 0.2) is 22.8 Å². The summed E-state index contributed by atoms with van der Waals surface area (Å²) in [5.74, 6) is -1.45. The van der Waals surface area contributed by atoms with Crippen molar-refractivity contribution in [1.82, 2.24) is 10.4 Å². The van der Waals surface area contributed by atoms with E-state index in [9.17, 15) is 14.4 Å². The molecule has 2 aliphatic rings. The van der Waals surface area contributed by atoms with Crippen LogP contribution < -0.4 is 5.43 Å². The third-order valence-electron chi connectivity index (χ3n) is 5.38. The summed E-state index contributed by atoms with van der Waals surface area (Å²) >= 11 is 0. The molecule has 2 unspecified atom stereocenters. The van der Waals surface area contributed by atoms with Crippen molar-refractivity contribution in [2.75, 3.05) is 0 Å². The fourth-order valence-corrected chi connectivity index (χ4v) is 3.49. The Labute approximate surface area is 122 Å². The van der Waals surface area contributed by atoms with E-state index in [4.69, 9.17) is 4.42 Å².